The quantitative estimate of drug-likeness (QED) is 0.492. The van der Waals surface area contributed by atoms with Crippen LogP contribution < -0.4 is 4.90 Å². The van der Waals surface area contributed by atoms with E-state index in [1.165, 1.54) is 47.2 Å². The molecule has 2 aromatic heterocycles. The molecule has 3 heterocycles. The number of hydrogen-bond donors (Lipinski definition) is 0. The van der Waals surface area contributed by atoms with Crippen molar-refractivity contribution in [2.45, 2.75) is 52.4 Å². The van der Waals surface area contributed by atoms with Crippen LogP contribution in [0.15, 0.2) is 24.3 Å². The topological polar surface area (TPSA) is 49.3 Å². The Balaban J connectivity index is 1.43. The maximum absolute atomic E-state index is 13.2. The lowest BCUT2D eigenvalue weighted by atomic mass is 10.1. The highest BCUT2D eigenvalue weighted by Gasteiger charge is 2.27. The summed E-state index contributed by atoms with van der Waals surface area (Å²) in [5.74, 6) is 2.12. The molecule has 5 nitrogen and oxygen atoms in total. The highest BCUT2D eigenvalue weighted by atomic mass is 32.1. The van der Waals surface area contributed by atoms with Gasteiger partial charge in [0.15, 0.2) is 0 Å². The zero-order valence-electron chi connectivity index (χ0n) is 19.4. The van der Waals surface area contributed by atoms with Gasteiger partial charge >= 0.3 is 0 Å². The van der Waals surface area contributed by atoms with Gasteiger partial charge in [0.1, 0.15) is 22.3 Å². The summed E-state index contributed by atoms with van der Waals surface area (Å²) in [6.45, 7) is 7.16. The molecular weight excluding hydrogens is 435 g/mol. The van der Waals surface area contributed by atoms with Crippen LogP contribution in [0.5, 0.6) is 0 Å². The van der Waals surface area contributed by atoms with Crippen molar-refractivity contribution in [3.8, 4) is 0 Å². The van der Waals surface area contributed by atoms with Gasteiger partial charge in [-0.05, 0) is 61.4 Å². The van der Waals surface area contributed by atoms with Crippen LogP contribution in [0.25, 0.3) is 10.2 Å². The van der Waals surface area contributed by atoms with E-state index in [9.17, 15) is 9.18 Å². The summed E-state index contributed by atoms with van der Waals surface area (Å²) in [4.78, 5) is 29.8. The normalized spacial score (nSPS) is 16.8. The van der Waals surface area contributed by atoms with Crippen molar-refractivity contribution < 1.29 is 9.18 Å². The molecule has 1 fully saturated rings. The summed E-state index contributed by atoms with van der Waals surface area (Å²) in [5.41, 5.74) is 2.00. The first-order chi connectivity index (χ1) is 16.0. The second-order valence-corrected chi connectivity index (χ2v) is 10.7. The largest absolute Gasteiger partial charge is 0.352 e. The van der Waals surface area contributed by atoms with Crippen molar-refractivity contribution >= 4 is 33.3 Å². The van der Waals surface area contributed by atoms with Gasteiger partial charge < -0.3 is 9.80 Å². The molecule has 5 rings (SSSR count). The Hall–Kier alpha value is -2.54. The molecule has 1 saturated heterocycles. The zero-order chi connectivity index (χ0) is 22.9. The minimum Gasteiger partial charge on any atom is -0.352 e. The molecule has 0 saturated carbocycles. The lowest BCUT2D eigenvalue weighted by Gasteiger charge is -2.36. The summed E-state index contributed by atoms with van der Waals surface area (Å²) in [6.07, 6.45) is 6.90. The van der Waals surface area contributed by atoms with E-state index in [4.69, 9.17) is 9.97 Å². The number of carbonyl (C=O) groups is 1. The number of fused-ring (bicyclic) bond motifs is 3. The number of thiophene rings is 1. The fourth-order valence-corrected chi connectivity index (χ4v) is 6.21. The fourth-order valence-electron chi connectivity index (χ4n) is 4.94. The van der Waals surface area contributed by atoms with E-state index in [0.29, 0.717) is 24.6 Å². The molecule has 0 spiro atoms. The number of carbonyl (C=O) groups excluding carboxylic acids is 1. The Morgan fingerprint density at radius 2 is 1.76 bits per heavy atom. The SMILES string of the molecule is CC(C)Cc1nc(N2CCN(C(=O)c3ccc(F)cc3)CC2)c2c3c(sc2n1)CCCCC3. The maximum atomic E-state index is 13.2. The van der Waals surface area contributed by atoms with E-state index in [1.807, 2.05) is 16.2 Å². The number of amides is 1. The Labute approximate surface area is 198 Å². The summed E-state index contributed by atoms with van der Waals surface area (Å²) in [5, 5.41) is 1.25. The van der Waals surface area contributed by atoms with Crippen molar-refractivity contribution in [3.63, 3.8) is 0 Å². The zero-order valence-corrected chi connectivity index (χ0v) is 20.3. The van der Waals surface area contributed by atoms with E-state index >= 15 is 0 Å². The van der Waals surface area contributed by atoms with Gasteiger partial charge in [-0.15, -0.1) is 11.3 Å². The summed E-state index contributed by atoms with van der Waals surface area (Å²) in [6, 6.07) is 5.83. The molecule has 0 bridgehead atoms. The second kappa shape index (κ2) is 9.37. The highest BCUT2D eigenvalue weighted by molar-refractivity contribution is 7.19. The molecule has 0 N–H and O–H groups in total. The van der Waals surface area contributed by atoms with Crippen LogP contribution in [0.4, 0.5) is 10.2 Å². The first-order valence-corrected chi connectivity index (χ1v) is 12.9. The van der Waals surface area contributed by atoms with E-state index in [0.717, 1.165) is 48.8 Å². The number of hydrogen-bond acceptors (Lipinski definition) is 5. The molecule has 174 valence electrons. The number of aromatic nitrogens is 2. The molecule has 1 aromatic carbocycles. The fraction of sp³-hybridized carbons (Fsp3) is 0.500. The molecule has 1 aliphatic heterocycles. The minimum atomic E-state index is -0.323. The predicted molar refractivity (Wildman–Crippen MR) is 132 cm³/mol. The second-order valence-electron chi connectivity index (χ2n) is 9.59. The van der Waals surface area contributed by atoms with Crippen LogP contribution in [0, 0.1) is 11.7 Å². The number of anilines is 1. The predicted octanol–water partition coefficient (Wildman–Crippen LogP) is 5.26. The lowest BCUT2D eigenvalue weighted by Crippen LogP contribution is -2.49. The van der Waals surface area contributed by atoms with Gasteiger partial charge in [-0.25, -0.2) is 14.4 Å². The van der Waals surface area contributed by atoms with Crippen LogP contribution >= 0.6 is 11.3 Å². The van der Waals surface area contributed by atoms with Crippen LogP contribution in [-0.2, 0) is 19.3 Å². The lowest BCUT2D eigenvalue weighted by molar-refractivity contribution is 0.0746. The van der Waals surface area contributed by atoms with Gasteiger partial charge in [-0.1, -0.05) is 20.3 Å². The van der Waals surface area contributed by atoms with Gasteiger partial charge in [0.25, 0.3) is 5.91 Å². The molecule has 1 aliphatic carbocycles. The van der Waals surface area contributed by atoms with Crippen LogP contribution in [-0.4, -0.2) is 47.0 Å². The van der Waals surface area contributed by atoms with Crippen molar-refractivity contribution in [2.75, 3.05) is 31.1 Å². The molecule has 7 heteroatoms. The third-order valence-corrected chi connectivity index (χ3v) is 7.83. The molecule has 0 unspecified atom stereocenters. The number of piperazine rings is 1. The maximum Gasteiger partial charge on any atom is 0.253 e. The Morgan fingerprint density at radius 1 is 1.03 bits per heavy atom. The van der Waals surface area contributed by atoms with Gasteiger partial charge in [-0.2, -0.15) is 0 Å². The number of aryl methyl sites for hydroxylation is 2. The summed E-state index contributed by atoms with van der Waals surface area (Å²) in [7, 11) is 0. The molecular formula is C26H31FN4OS. The van der Waals surface area contributed by atoms with E-state index in [-0.39, 0.29) is 11.7 Å². The Kier molecular flexibility index (Phi) is 6.32. The summed E-state index contributed by atoms with van der Waals surface area (Å²) >= 11 is 1.86. The van der Waals surface area contributed by atoms with Crippen LogP contribution in [0.1, 0.15) is 59.7 Å². The van der Waals surface area contributed by atoms with Crippen LogP contribution in [0.3, 0.4) is 0 Å². The molecule has 0 radical (unpaired) electrons. The minimum absolute atomic E-state index is 0.0348. The number of halogens is 1. The standard InChI is InChI=1S/C26H31FN4OS/c1-17(2)16-22-28-24(23-20-6-4-3-5-7-21(20)33-25(23)29-22)30-12-14-31(15-13-30)26(32)18-8-10-19(27)11-9-18/h8-11,17H,3-7,12-16H2,1-2H3. The molecule has 33 heavy (non-hydrogen) atoms. The van der Waals surface area contributed by atoms with Crippen molar-refractivity contribution in [1.82, 2.24) is 14.9 Å². The average Bonchev–Trinajstić information content (AvgIpc) is 2.99. The third kappa shape index (κ3) is 4.60. The molecule has 0 atom stereocenters. The first-order valence-electron chi connectivity index (χ1n) is 12.1. The smallest absolute Gasteiger partial charge is 0.253 e. The van der Waals surface area contributed by atoms with Gasteiger partial charge in [0.05, 0.1) is 5.39 Å². The molecule has 2 aliphatic rings. The monoisotopic (exact) mass is 466 g/mol. The molecule has 3 aromatic rings. The Morgan fingerprint density at radius 3 is 2.48 bits per heavy atom. The van der Waals surface area contributed by atoms with Crippen LogP contribution in [0.2, 0.25) is 0 Å². The first kappa shape index (κ1) is 22.3. The van der Waals surface area contributed by atoms with E-state index < -0.39 is 0 Å². The van der Waals surface area contributed by atoms with Crippen molar-refractivity contribution in [3.05, 3.63) is 51.9 Å². The number of nitrogens with zero attached hydrogens (tertiary/aromatic N) is 4. The van der Waals surface area contributed by atoms with Crippen molar-refractivity contribution in [1.29, 1.82) is 0 Å². The van der Waals surface area contributed by atoms with E-state index in [2.05, 4.69) is 18.7 Å². The Bertz CT molecular complexity index is 1150. The van der Waals surface area contributed by atoms with Crippen molar-refractivity contribution in [2.24, 2.45) is 5.92 Å². The third-order valence-electron chi connectivity index (χ3n) is 6.64. The number of rotatable bonds is 4. The number of benzene rings is 1. The van der Waals surface area contributed by atoms with Gasteiger partial charge in [0, 0.05) is 43.0 Å². The summed E-state index contributed by atoms with van der Waals surface area (Å²) < 4.78 is 13.2. The molecule has 1 amide bonds. The van der Waals surface area contributed by atoms with E-state index in [1.54, 1.807) is 12.1 Å². The van der Waals surface area contributed by atoms with Gasteiger partial charge in [0.2, 0.25) is 0 Å². The average molecular weight is 467 g/mol. The van der Waals surface area contributed by atoms with Gasteiger partial charge in [-0.3, -0.25) is 4.79 Å². The highest BCUT2D eigenvalue weighted by Crippen LogP contribution is 2.39.